The van der Waals surface area contributed by atoms with Crippen LogP contribution in [0.2, 0.25) is 5.02 Å². The predicted octanol–water partition coefficient (Wildman–Crippen LogP) is 4.04. The molecule has 5 nitrogen and oxygen atoms in total. The maximum Gasteiger partial charge on any atom is 0.228 e. The molecule has 0 amide bonds. The highest BCUT2D eigenvalue weighted by molar-refractivity contribution is 6.32. The molecule has 6 bridgehead atoms. The van der Waals surface area contributed by atoms with E-state index in [0.29, 0.717) is 16.8 Å². The van der Waals surface area contributed by atoms with Crippen LogP contribution in [0.4, 0.5) is 17.5 Å². The van der Waals surface area contributed by atoms with Crippen LogP contribution >= 0.6 is 11.6 Å². The second-order valence-electron chi connectivity index (χ2n) is 5.39. The number of aromatic nitrogens is 2. The highest BCUT2D eigenvalue weighted by Gasteiger charge is 2.13. The van der Waals surface area contributed by atoms with Crippen LogP contribution in [0.1, 0.15) is 12.0 Å². The predicted molar refractivity (Wildman–Crippen MR) is 94.4 cm³/mol. The number of fused-ring (bicyclic) bond motifs is 6. The van der Waals surface area contributed by atoms with Gasteiger partial charge in [-0.05, 0) is 23.8 Å². The van der Waals surface area contributed by atoms with Gasteiger partial charge < -0.3 is 10.6 Å². The number of rotatable bonds is 0. The molecule has 3 heterocycles. The standard InChI is InChI=1S/C17H14ClN5/c18-15-10-20-17-22-14-6-7-19-12(9-14)5-4-11-2-1-3-13(8-11)21-16(15)23-17/h1-8,10,12H,9H2,(H2,20,21,22,23)/b5-4-. The first-order chi connectivity index (χ1) is 11.3. The summed E-state index contributed by atoms with van der Waals surface area (Å²) in [4.78, 5) is 13.2. The van der Waals surface area contributed by atoms with Gasteiger partial charge in [-0.1, -0.05) is 35.9 Å². The fourth-order valence-corrected chi connectivity index (χ4v) is 2.68. The monoisotopic (exact) mass is 323 g/mol. The van der Waals surface area contributed by atoms with Gasteiger partial charge in [-0.25, -0.2) is 4.98 Å². The fraction of sp³-hybridized carbons (Fsp3) is 0.118. The van der Waals surface area contributed by atoms with Crippen LogP contribution in [0.3, 0.4) is 0 Å². The summed E-state index contributed by atoms with van der Waals surface area (Å²) in [5.74, 6) is 1.09. The molecule has 0 fully saturated rings. The van der Waals surface area contributed by atoms with Crippen molar-refractivity contribution >= 4 is 41.3 Å². The highest BCUT2D eigenvalue weighted by atomic mass is 35.5. The summed E-state index contributed by atoms with van der Waals surface area (Å²) in [5.41, 5.74) is 3.04. The number of halogens is 1. The molecule has 0 radical (unpaired) electrons. The van der Waals surface area contributed by atoms with Gasteiger partial charge in [0.15, 0.2) is 5.82 Å². The van der Waals surface area contributed by atoms with Crippen molar-refractivity contribution in [2.24, 2.45) is 4.99 Å². The number of hydrogen-bond acceptors (Lipinski definition) is 5. The van der Waals surface area contributed by atoms with Gasteiger partial charge in [0.2, 0.25) is 5.95 Å². The van der Waals surface area contributed by atoms with E-state index in [0.717, 1.165) is 23.4 Å². The van der Waals surface area contributed by atoms with Gasteiger partial charge in [-0.3, -0.25) is 4.99 Å². The third-order valence-corrected chi connectivity index (χ3v) is 3.94. The van der Waals surface area contributed by atoms with Crippen molar-refractivity contribution < 1.29 is 0 Å². The summed E-state index contributed by atoms with van der Waals surface area (Å²) >= 11 is 6.21. The zero-order valence-electron chi connectivity index (χ0n) is 12.2. The van der Waals surface area contributed by atoms with Gasteiger partial charge in [0.25, 0.3) is 0 Å². The Bertz CT molecular complexity index is 841. The van der Waals surface area contributed by atoms with E-state index in [4.69, 9.17) is 11.6 Å². The lowest BCUT2D eigenvalue weighted by Crippen LogP contribution is -2.14. The molecule has 114 valence electrons. The van der Waals surface area contributed by atoms with Gasteiger partial charge in [0, 0.05) is 24.0 Å². The lowest BCUT2D eigenvalue weighted by molar-refractivity contribution is 0.800. The molecule has 0 saturated heterocycles. The lowest BCUT2D eigenvalue weighted by Gasteiger charge is -2.16. The van der Waals surface area contributed by atoms with Crippen molar-refractivity contribution in [1.29, 1.82) is 0 Å². The molecule has 1 unspecified atom stereocenters. The Hall–Kier alpha value is -2.66. The Balaban J connectivity index is 1.82. The fourth-order valence-electron chi connectivity index (χ4n) is 2.54. The quantitative estimate of drug-likeness (QED) is 0.768. The third kappa shape index (κ3) is 3.10. The highest BCUT2D eigenvalue weighted by Crippen LogP contribution is 2.26. The second kappa shape index (κ2) is 5.85. The minimum atomic E-state index is 0.103. The number of allylic oxidation sites excluding steroid dienone is 1. The van der Waals surface area contributed by atoms with E-state index in [2.05, 4.69) is 43.8 Å². The zero-order chi connectivity index (χ0) is 15.6. The Labute approximate surface area is 138 Å². The average Bonchev–Trinajstić information content (AvgIpc) is 2.57. The zero-order valence-corrected chi connectivity index (χ0v) is 13.0. The van der Waals surface area contributed by atoms with E-state index in [9.17, 15) is 0 Å². The molecular formula is C17H14ClN5. The van der Waals surface area contributed by atoms with E-state index in [1.807, 2.05) is 30.5 Å². The second-order valence-corrected chi connectivity index (χ2v) is 5.79. The normalized spacial score (nSPS) is 20.0. The Kier molecular flexibility index (Phi) is 3.55. The average molecular weight is 324 g/mol. The first kappa shape index (κ1) is 14.0. The summed E-state index contributed by atoms with van der Waals surface area (Å²) < 4.78 is 0. The number of nitrogens with zero attached hydrogens (tertiary/aromatic N) is 3. The molecule has 2 aliphatic heterocycles. The van der Waals surface area contributed by atoms with E-state index in [1.165, 1.54) is 0 Å². The summed E-state index contributed by atoms with van der Waals surface area (Å²) in [6, 6.07) is 8.16. The van der Waals surface area contributed by atoms with Crippen molar-refractivity contribution in [1.82, 2.24) is 9.97 Å². The molecule has 1 aromatic carbocycles. The summed E-state index contributed by atoms with van der Waals surface area (Å²) in [6.45, 7) is 0. The SMILES string of the molecule is Clc1cnc2nc1Nc1cccc(c1)/C=C\C1CC(=CC=N1)N2. The van der Waals surface area contributed by atoms with E-state index in [-0.39, 0.29) is 6.04 Å². The molecule has 23 heavy (non-hydrogen) atoms. The van der Waals surface area contributed by atoms with Crippen molar-refractivity contribution in [3.05, 3.63) is 58.9 Å². The van der Waals surface area contributed by atoms with Crippen molar-refractivity contribution in [3.8, 4) is 0 Å². The molecule has 1 atom stereocenters. The Morgan fingerprint density at radius 3 is 3.13 bits per heavy atom. The summed E-state index contributed by atoms with van der Waals surface area (Å²) in [5, 5.41) is 6.96. The van der Waals surface area contributed by atoms with E-state index >= 15 is 0 Å². The number of dihydropyridines is 1. The summed E-state index contributed by atoms with van der Waals surface area (Å²) in [7, 11) is 0. The number of hydrogen-bond donors (Lipinski definition) is 2. The Morgan fingerprint density at radius 1 is 1.22 bits per heavy atom. The molecule has 1 aromatic heterocycles. The van der Waals surface area contributed by atoms with Gasteiger partial charge in [-0.15, -0.1) is 0 Å². The molecule has 0 spiro atoms. The molecule has 0 aliphatic carbocycles. The minimum Gasteiger partial charge on any atom is -0.339 e. The number of anilines is 3. The van der Waals surface area contributed by atoms with Crippen LogP contribution < -0.4 is 10.6 Å². The van der Waals surface area contributed by atoms with Gasteiger partial charge in [-0.2, -0.15) is 4.98 Å². The first-order valence-electron chi connectivity index (χ1n) is 7.33. The van der Waals surface area contributed by atoms with Crippen molar-refractivity contribution in [3.63, 3.8) is 0 Å². The van der Waals surface area contributed by atoms with Crippen LogP contribution in [-0.4, -0.2) is 22.2 Å². The lowest BCUT2D eigenvalue weighted by atomic mass is 10.1. The molecule has 6 heteroatoms. The molecule has 2 aliphatic rings. The van der Waals surface area contributed by atoms with Gasteiger partial charge >= 0.3 is 0 Å². The first-order valence-corrected chi connectivity index (χ1v) is 7.71. The van der Waals surface area contributed by atoms with Gasteiger partial charge in [0.05, 0.1) is 12.2 Å². The van der Waals surface area contributed by atoms with Crippen molar-refractivity contribution in [2.75, 3.05) is 10.6 Å². The molecule has 0 saturated carbocycles. The van der Waals surface area contributed by atoms with Crippen LogP contribution in [0, 0.1) is 0 Å². The Morgan fingerprint density at radius 2 is 2.17 bits per heavy atom. The largest absolute Gasteiger partial charge is 0.339 e. The maximum atomic E-state index is 6.21. The topological polar surface area (TPSA) is 62.2 Å². The summed E-state index contributed by atoms with van der Waals surface area (Å²) in [6.07, 6.45) is 10.3. The van der Waals surface area contributed by atoms with E-state index in [1.54, 1.807) is 6.20 Å². The van der Waals surface area contributed by atoms with Crippen LogP contribution in [0.5, 0.6) is 0 Å². The van der Waals surface area contributed by atoms with E-state index < -0.39 is 0 Å². The molecular weight excluding hydrogens is 310 g/mol. The minimum absolute atomic E-state index is 0.103. The smallest absolute Gasteiger partial charge is 0.228 e. The maximum absolute atomic E-state index is 6.21. The van der Waals surface area contributed by atoms with Crippen LogP contribution in [0.15, 0.2) is 53.3 Å². The van der Waals surface area contributed by atoms with Crippen molar-refractivity contribution in [2.45, 2.75) is 12.5 Å². The number of nitrogens with one attached hydrogen (secondary N) is 2. The van der Waals surface area contributed by atoms with Crippen LogP contribution in [0.25, 0.3) is 6.08 Å². The molecule has 2 aromatic rings. The molecule has 2 N–H and O–H groups in total. The van der Waals surface area contributed by atoms with Crippen LogP contribution in [-0.2, 0) is 0 Å². The number of aliphatic imine (C=N–C) groups is 1. The third-order valence-electron chi connectivity index (χ3n) is 3.66. The molecule has 4 rings (SSSR count). The van der Waals surface area contributed by atoms with Gasteiger partial charge in [0.1, 0.15) is 5.02 Å². The number of benzene rings is 1.